The predicted molar refractivity (Wildman–Crippen MR) is 64.2 cm³/mol. The average molecular weight is 295 g/mol. The molecular weight excluding hydrogens is 283 g/mol. The largest absolute Gasteiger partial charge is 0.408 e. The van der Waals surface area contributed by atoms with Crippen LogP contribution in [0.15, 0.2) is 12.1 Å². The van der Waals surface area contributed by atoms with Gasteiger partial charge in [-0.1, -0.05) is 11.3 Å². The molecule has 1 atom stereocenters. The molecule has 0 aromatic carbocycles. The van der Waals surface area contributed by atoms with Crippen LogP contribution in [-0.4, -0.2) is 42.2 Å². The van der Waals surface area contributed by atoms with Crippen LogP contribution >= 0.6 is 11.3 Å². The fourth-order valence-electron chi connectivity index (χ4n) is 2.08. The topological polar surface area (TPSA) is 58.4 Å². The highest BCUT2D eigenvalue weighted by molar-refractivity contribution is 7.15. The number of piperazine rings is 1. The van der Waals surface area contributed by atoms with Gasteiger partial charge in [0, 0.05) is 37.1 Å². The van der Waals surface area contributed by atoms with E-state index in [4.69, 9.17) is 0 Å². The van der Waals surface area contributed by atoms with E-state index < -0.39 is 17.1 Å². The lowest BCUT2D eigenvalue weighted by Gasteiger charge is -2.35. The van der Waals surface area contributed by atoms with E-state index in [2.05, 4.69) is 5.32 Å². The van der Waals surface area contributed by atoms with Crippen molar-refractivity contribution >= 4 is 16.3 Å². The van der Waals surface area contributed by atoms with Crippen molar-refractivity contribution in [3.8, 4) is 0 Å². The molecule has 1 fully saturated rings. The van der Waals surface area contributed by atoms with Gasteiger partial charge in [-0.15, -0.1) is 0 Å². The minimum Gasteiger partial charge on any atom is -0.314 e. The molecule has 0 spiro atoms. The summed E-state index contributed by atoms with van der Waals surface area (Å²) in [6.07, 6.45) is -4.43. The van der Waals surface area contributed by atoms with Gasteiger partial charge in [0.1, 0.15) is 6.04 Å². The first-order valence-electron chi connectivity index (χ1n) is 5.65. The van der Waals surface area contributed by atoms with Gasteiger partial charge in [-0.05, 0) is 6.07 Å². The van der Waals surface area contributed by atoms with E-state index in [0.29, 0.717) is 24.4 Å². The normalized spacial score (nSPS) is 19.3. The summed E-state index contributed by atoms with van der Waals surface area (Å²) in [7, 11) is 0. The molecule has 0 unspecified atom stereocenters. The molecule has 2 rings (SSSR count). The zero-order chi connectivity index (χ0) is 14.0. The van der Waals surface area contributed by atoms with Gasteiger partial charge in [-0.2, -0.15) is 13.2 Å². The summed E-state index contributed by atoms with van der Waals surface area (Å²) in [4.78, 5) is 11.2. The number of hydrogen-bond acceptors (Lipinski definition) is 5. The number of rotatable bonds is 3. The van der Waals surface area contributed by atoms with Crippen molar-refractivity contribution in [1.29, 1.82) is 0 Å². The van der Waals surface area contributed by atoms with Crippen LogP contribution < -0.4 is 5.32 Å². The second-order valence-electron chi connectivity index (χ2n) is 4.16. The lowest BCUT2D eigenvalue weighted by Crippen LogP contribution is -2.48. The molecule has 1 aliphatic rings. The number of thiophene rings is 1. The lowest BCUT2D eigenvalue weighted by molar-refractivity contribution is -0.380. The molecule has 0 bridgehead atoms. The summed E-state index contributed by atoms with van der Waals surface area (Å²) in [6, 6.07) is 0.567. The maximum absolute atomic E-state index is 13.2. The molecule has 1 N–H and O–H groups in total. The number of alkyl halides is 3. The zero-order valence-corrected chi connectivity index (χ0v) is 10.6. The fourth-order valence-corrected chi connectivity index (χ4v) is 3.06. The molecule has 1 saturated heterocycles. The summed E-state index contributed by atoms with van der Waals surface area (Å²) in [5.41, 5.74) is 0. The smallest absolute Gasteiger partial charge is 0.314 e. The molecule has 19 heavy (non-hydrogen) atoms. The molecule has 1 aromatic rings. The first-order chi connectivity index (χ1) is 8.89. The monoisotopic (exact) mass is 295 g/mol. The Morgan fingerprint density at radius 3 is 2.47 bits per heavy atom. The maximum Gasteiger partial charge on any atom is 0.408 e. The van der Waals surface area contributed by atoms with E-state index in [9.17, 15) is 23.3 Å². The van der Waals surface area contributed by atoms with Crippen molar-refractivity contribution in [1.82, 2.24) is 10.2 Å². The second kappa shape index (κ2) is 5.43. The standard InChI is InChI=1S/C10H12F3N3O2S/c11-10(12,13)9(15-5-3-14-4-6-15)7-1-2-8(19-7)16(17)18/h1-2,9,14H,3-6H2/t9-/m0/s1. The van der Waals surface area contributed by atoms with Crippen molar-refractivity contribution in [2.24, 2.45) is 0 Å². The molecule has 9 heteroatoms. The molecule has 5 nitrogen and oxygen atoms in total. The molecule has 0 radical (unpaired) electrons. The third kappa shape index (κ3) is 3.23. The van der Waals surface area contributed by atoms with Gasteiger partial charge in [0.25, 0.3) is 0 Å². The molecule has 1 aromatic heterocycles. The Kier molecular flexibility index (Phi) is 4.07. The predicted octanol–water partition coefficient (Wildman–Crippen LogP) is 2.16. The summed E-state index contributed by atoms with van der Waals surface area (Å²) < 4.78 is 39.5. The number of nitrogens with one attached hydrogen (secondary N) is 1. The first-order valence-corrected chi connectivity index (χ1v) is 6.47. The lowest BCUT2D eigenvalue weighted by atomic mass is 10.1. The van der Waals surface area contributed by atoms with Crippen LogP contribution in [0.5, 0.6) is 0 Å². The highest BCUT2D eigenvalue weighted by Gasteiger charge is 2.46. The third-order valence-electron chi connectivity index (χ3n) is 2.89. The van der Waals surface area contributed by atoms with Gasteiger partial charge in [-0.3, -0.25) is 15.0 Å². The van der Waals surface area contributed by atoms with Crippen LogP contribution in [0, 0.1) is 10.1 Å². The van der Waals surface area contributed by atoms with Crippen LogP contribution in [0.2, 0.25) is 0 Å². The van der Waals surface area contributed by atoms with E-state index in [-0.39, 0.29) is 23.0 Å². The van der Waals surface area contributed by atoms with Gasteiger partial charge < -0.3 is 5.32 Å². The van der Waals surface area contributed by atoms with Crippen LogP contribution in [-0.2, 0) is 0 Å². The average Bonchev–Trinajstić information content (AvgIpc) is 2.78. The minimum absolute atomic E-state index is 0.0268. The Bertz CT molecular complexity index is 457. The summed E-state index contributed by atoms with van der Waals surface area (Å²) in [5, 5.41) is 13.3. The summed E-state index contributed by atoms with van der Waals surface area (Å²) >= 11 is 0.588. The third-order valence-corrected chi connectivity index (χ3v) is 3.98. The van der Waals surface area contributed by atoms with Crippen LogP contribution in [0.4, 0.5) is 18.2 Å². The van der Waals surface area contributed by atoms with E-state index >= 15 is 0 Å². The van der Waals surface area contributed by atoms with Crippen LogP contribution in [0.1, 0.15) is 10.9 Å². The first kappa shape index (κ1) is 14.2. The fraction of sp³-hybridized carbons (Fsp3) is 0.600. The van der Waals surface area contributed by atoms with Crippen LogP contribution in [0.3, 0.4) is 0 Å². The van der Waals surface area contributed by atoms with Crippen molar-refractivity contribution in [3.05, 3.63) is 27.1 Å². The molecule has 106 valence electrons. The Labute approximate surface area is 111 Å². The van der Waals surface area contributed by atoms with Gasteiger partial charge in [0.15, 0.2) is 0 Å². The van der Waals surface area contributed by atoms with Gasteiger partial charge in [0.05, 0.1) is 4.92 Å². The minimum atomic E-state index is -4.43. The Morgan fingerprint density at radius 2 is 2.00 bits per heavy atom. The second-order valence-corrected chi connectivity index (χ2v) is 5.26. The van der Waals surface area contributed by atoms with Crippen LogP contribution in [0.25, 0.3) is 0 Å². The Morgan fingerprint density at radius 1 is 1.37 bits per heavy atom. The van der Waals surface area contributed by atoms with E-state index in [0.717, 1.165) is 6.07 Å². The zero-order valence-electron chi connectivity index (χ0n) is 9.81. The molecule has 2 heterocycles. The summed E-state index contributed by atoms with van der Waals surface area (Å²) in [6.45, 7) is 1.52. The van der Waals surface area contributed by atoms with Crippen molar-refractivity contribution in [2.45, 2.75) is 12.2 Å². The molecule has 0 saturated carbocycles. The Hall–Kier alpha value is -1.19. The number of halogens is 3. The summed E-state index contributed by atoms with van der Waals surface area (Å²) in [5.74, 6) is 0. The highest BCUT2D eigenvalue weighted by Crippen LogP contribution is 2.42. The van der Waals surface area contributed by atoms with E-state index in [1.807, 2.05) is 0 Å². The van der Waals surface area contributed by atoms with E-state index in [1.165, 1.54) is 11.0 Å². The number of nitro groups is 1. The number of hydrogen-bond donors (Lipinski definition) is 1. The quantitative estimate of drug-likeness (QED) is 0.686. The van der Waals surface area contributed by atoms with Crippen molar-refractivity contribution < 1.29 is 18.1 Å². The van der Waals surface area contributed by atoms with Crippen molar-refractivity contribution in [2.75, 3.05) is 26.2 Å². The molecule has 0 amide bonds. The highest BCUT2D eigenvalue weighted by atomic mass is 32.1. The SMILES string of the molecule is O=[N+]([O-])c1ccc([C@H](N2CCNCC2)C(F)(F)F)s1. The Balaban J connectivity index is 2.28. The number of nitrogens with zero attached hydrogens (tertiary/aromatic N) is 2. The molecule has 0 aliphatic carbocycles. The van der Waals surface area contributed by atoms with Gasteiger partial charge in [-0.25, -0.2) is 0 Å². The molecular formula is C10H12F3N3O2S. The van der Waals surface area contributed by atoms with E-state index in [1.54, 1.807) is 0 Å². The van der Waals surface area contributed by atoms with Crippen molar-refractivity contribution in [3.63, 3.8) is 0 Å². The van der Waals surface area contributed by atoms with Gasteiger partial charge in [0.2, 0.25) is 0 Å². The van der Waals surface area contributed by atoms with Gasteiger partial charge >= 0.3 is 11.2 Å². The maximum atomic E-state index is 13.2. The molecule has 1 aliphatic heterocycles.